The molecular weight excluding hydrogens is 241 g/mol. The third kappa shape index (κ3) is 263. The van der Waals surface area contributed by atoms with Gasteiger partial charge in [-0.25, -0.2) is 0 Å². The maximum atomic E-state index is 8.52. The SMILES string of the molecule is O=S(=O)([O-])[O-].[Cu+2].[O-2].[Zn+2]. The molecule has 0 atom stereocenters. The Morgan fingerprint density at radius 3 is 1.12 bits per heavy atom. The van der Waals surface area contributed by atoms with Crippen LogP contribution in [-0.4, -0.2) is 17.5 Å². The molecule has 0 bridgehead atoms. The molecule has 0 aliphatic heterocycles. The predicted octanol–water partition coefficient (Wildman–Crippen LogP) is -1.46. The van der Waals surface area contributed by atoms with E-state index in [1.54, 1.807) is 0 Å². The molecule has 0 unspecified atom stereocenters. The maximum Gasteiger partial charge on any atom is 2.00 e. The Hall–Kier alpha value is 0.973. The molecule has 8 heavy (non-hydrogen) atoms. The zero-order valence-corrected chi connectivity index (χ0v) is 8.18. The number of rotatable bonds is 0. The standard InChI is InChI=1S/Cu.H2O4S.O.Zn/c;1-5(2,3)4;;/h;(H2,1,2,3,4);;/q+2;;-2;+2/p-2. The summed E-state index contributed by atoms with van der Waals surface area (Å²) in [6.07, 6.45) is 0. The van der Waals surface area contributed by atoms with Crippen LogP contribution in [0.15, 0.2) is 0 Å². The molecule has 49 valence electrons. The molecule has 0 aliphatic carbocycles. The van der Waals surface area contributed by atoms with Crippen LogP contribution in [0.2, 0.25) is 0 Å². The Morgan fingerprint density at radius 1 is 1.12 bits per heavy atom. The van der Waals surface area contributed by atoms with Gasteiger partial charge in [0, 0.05) is 10.4 Å². The van der Waals surface area contributed by atoms with E-state index in [0.717, 1.165) is 0 Å². The Balaban J connectivity index is -0.0000000267. The minimum atomic E-state index is -5.17. The van der Waals surface area contributed by atoms with Crippen LogP contribution in [-0.2, 0) is 52.4 Å². The van der Waals surface area contributed by atoms with E-state index in [2.05, 4.69) is 0 Å². The zero-order valence-electron chi connectivity index (χ0n) is 3.46. The molecule has 1 radical (unpaired) electrons. The quantitative estimate of drug-likeness (QED) is 0.293. The first-order valence-corrected chi connectivity index (χ1v) is 2.00. The summed E-state index contributed by atoms with van der Waals surface area (Å²) in [4.78, 5) is 0. The summed E-state index contributed by atoms with van der Waals surface area (Å²) in [5.74, 6) is 0. The second-order valence-corrected chi connectivity index (χ2v) is 1.22. The van der Waals surface area contributed by atoms with Gasteiger partial charge in [-0.3, -0.25) is 8.42 Å². The van der Waals surface area contributed by atoms with E-state index in [1.165, 1.54) is 0 Å². The van der Waals surface area contributed by atoms with Crippen molar-refractivity contribution >= 4 is 10.4 Å². The number of hydrogen-bond donors (Lipinski definition) is 0. The second-order valence-electron chi connectivity index (χ2n) is 0.408. The van der Waals surface area contributed by atoms with E-state index in [9.17, 15) is 0 Å². The molecule has 8 heteroatoms. The molecule has 0 aromatic rings. The summed E-state index contributed by atoms with van der Waals surface area (Å²) in [6, 6.07) is 0. The van der Waals surface area contributed by atoms with E-state index < -0.39 is 10.4 Å². The van der Waals surface area contributed by atoms with Crippen molar-refractivity contribution in [3.8, 4) is 0 Å². The van der Waals surface area contributed by atoms with E-state index in [0.29, 0.717) is 0 Å². The fourth-order valence-electron chi connectivity index (χ4n) is 0. The molecule has 0 fully saturated rings. The van der Waals surface area contributed by atoms with Crippen molar-refractivity contribution < 1.29 is 59.5 Å². The van der Waals surface area contributed by atoms with Gasteiger partial charge >= 0.3 is 36.5 Å². The summed E-state index contributed by atoms with van der Waals surface area (Å²) < 4.78 is 34.1. The molecule has 0 saturated carbocycles. The van der Waals surface area contributed by atoms with Gasteiger partial charge in [-0.15, -0.1) is 0 Å². The molecule has 5 nitrogen and oxygen atoms in total. The minimum Gasteiger partial charge on any atom is -2.00 e. The third-order valence-corrected chi connectivity index (χ3v) is 0. The van der Waals surface area contributed by atoms with Gasteiger partial charge in [0.05, 0.1) is 0 Å². The van der Waals surface area contributed by atoms with Gasteiger partial charge in [0.25, 0.3) is 0 Å². The molecule has 0 N–H and O–H groups in total. The van der Waals surface area contributed by atoms with Crippen molar-refractivity contribution in [2.45, 2.75) is 0 Å². The van der Waals surface area contributed by atoms with Crippen LogP contribution in [0, 0.1) is 0 Å². The van der Waals surface area contributed by atoms with Crippen molar-refractivity contribution in [3.05, 3.63) is 0 Å². The van der Waals surface area contributed by atoms with Gasteiger partial charge in [0.1, 0.15) is 0 Å². The normalized spacial score (nSPS) is 7.25. The average molecular weight is 241 g/mol. The summed E-state index contributed by atoms with van der Waals surface area (Å²) in [5.41, 5.74) is 0. The van der Waals surface area contributed by atoms with Crippen LogP contribution >= 0.6 is 0 Å². The van der Waals surface area contributed by atoms with Crippen LogP contribution in [0.3, 0.4) is 0 Å². The Labute approximate surface area is 70.0 Å². The number of hydrogen-bond acceptors (Lipinski definition) is 4. The molecular formula is CuO5SZn. The largest absolute Gasteiger partial charge is 2.00 e. The van der Waals surface area contributed by atoms with Gasteiger partial charge < -0.3 is 14.6 Å². The van der Waals surface area contributed by atoms with Gasteiger partial charge in [-0.2, -0.15) is 0 Å². The molecule has 0 saturated heterocycles. The second kappa shape index (κ2) is 7.97. The first-order chi connectivity index (χ1) is 2.00. The zero-order chi connectivity index (χ0) is 4.50. The molecule has 0 spiro atoms. The molecule has 0 heterocycles. The predicted molar refractivity (Wildman–Crippen MR) is 11.2 cm³/mol. The maximum absolute atomic E-state index is 8.52. The fourth-order valence-corrected chi connectivity index (χ4v) is 0. The third-order valence-electron chi connectivity index (χ3n) is 0. The van der Waals surface area contributed by atoms with E-state index >= 15 is 0 Å². The Morgan fingerprint density at radius 2 is 1.12 bits per heavy atom. The van der Waals surface area contributed by atoms with Gasteiger partial charge in [-0.05, 0) is 0 Å². The van der Waals surface area contributed by atoms with Crippen molar-refractivity contribution in [2.24, 2.45) is 0 Å². The molecule has 0 aromatic carbocycles. The monoisotopic (exact) mass is 239 g/mol. The molecule has 0 aromatic heterocycles. The van der Waals surface area contributed by atoms with Crippen LogP contribution in [0.25, 0.3) is 0 Å². The summed E-state index contributed by atoms with van der Waals surface area (Å²) in [6.45, 7) is 0. The molecule has 0 rings (SSSR count). The summed E-state index contributed by atoms with van der Waals surface area (Å²) in [7, 11) is -5.17. The van der Waals surface area contributed by atoms with Crippen LogP contribution in [0.4, 0.5) is 0 Å². The smallest absolute Gasteiger partial charge is 2.00 e. The van der Waals surface area contributed by atoms with Crippen LogP contribution in [0.1, 0.15) is 0 Å². The minimum absolute atomic E-state index is 0. The van der Waals surface area contributed by atoms with Crippen LogP contribution < -0.4 is 0 Å². The van der Waals surface area contributed by atoms with E-state index in [-0.39, 0.29) is 42.0 Å². The van der Waals surface area contributed by atoms with Crippen molar-refractivity contribution in [1.29, 1.82) is 0 Å². The van der Waals surface area contributed by atoms with Crippen molar-refractivity contribution in [3.63, 3.8) is 0 Å². The first-order valence-electron chi connectivity index (χ1n) is 0.667. The van der Waals surface area contributed by atoms with Gasteiger partial charge in [0.2, 0.25) is 0 Å². The van der Waals surface area contributed by atoms with Crippen molar-refractivity contribution in [2.75, 3.05) is 0 Å². The Kier molecular flexibility index (Phi) is 23.0. The van der Waals surface area contributed by atoms with Gasteiger partial charge in [0.15, 0.2) is 0 Å². The fraction of sp³-hybridized carbons (Fsp3) is 0. The van der Waals surface area contributed by atoms with E-state index in [1.807, 2.05) is 0 Å². The Bertz CT molecular complexity index is 95.6. The first kappa shape index (κ1) is 23.1. The summed E-state index contributed by atoms with van der Waals surface area (Å²) in [5, 5.41) is 0. The van der Waals surface area contributed by atoms with Crippen molar-refractivity contribution in [1.82, 2.24) is 0 Å². The van der Waals surface area contributed by atoms with E-state index in [4.69, 9.17) is 17.5 Å². The summed E-state index contributed by atoms with van der Waals surface area (Å²) >= 11 is 0. The van der Waals surface area contributed by atoms with Gasteiger partial charge in [-0.1, -0.05) is 0 Å². The average Bonchev–Trinajstić information content (AvgIpc) is 0.722. The molecule has 0 amide bonds. The van der Waals surface area contributed by atoms with Crippen LogP contribution in [0.5, 0.6) is 0 Å². The molecule has 0 aliphatic rings. The topological polar surface area (TPSA) is 109 Å².